The molecule has 0 radical (unpaired) electrons. The Morgan fingerprint density at radius 2 is 1.57 bits per heavy atom. The molecule has 0 atom stereocenters. The van der Waals surface area contributed by atoms with Crippen molar-refractivity contribution in [1.29, 1.82) is 0 Å². The zero-order chi connectivity index (χ0) is 18.9. The van der Waals surface area contributed by atoms with Crippen molar-refractivity contribution in [2.24, 2.45) is 0 Å². The smallest absolute Gasteiger partial charge is 0.150 e. The maximum absolute atomic E-state index is 6.10. The summed E-state index contributed by atoms with van der Waals surface area (Å²) in [7, 11) is 0. The summed E-state index contributed by atoms with van der Waals surface area (Å²) in [5.41, 5.74) is 4.30. The standard InChI is InChI=1S/C23H21ClN4/c24-18-9-11-19(12-10-18)28-15-20(17-7-3-1-4-8-17)21-22(25-16-26-23(21)28)27-13-5-2-6-14-27/h1,3-4,7-12,15-16H,2,5-6,13-14H2. The number of nitrogens with zero attached hydrogens (tertiary/aromatic N) is 4. The lowest BCUT2D eigenvalue weighted by Gasteiger charge is -2.28. The van der Waals surface area contributed by atoms with Crippen LogP contribution in [0.15, 0.2) is 67.1 Å². The van der Waals surface area contributed by atoms with Gasteiger partial charge in [-0.05, 0) is 49.1 Å². The Labute approximate surface area is 169 Å². The lowest BCUT2D eigenvalue weighted by Crippen LogP contribution is -2.30. The van der Waals surface area contributed by atoms with Gasteiger partial charge in [0, 0.05) is 35.6 Å². The molecule has 1 aliphatic heterocycles. The topological polar surface area (TPSA) is 34.0 Å². The fourth-order valence-corrected chi connectivity index (χ4v) is 4.15. The highest BCUT2D eigenvalue weighted by Gasteiger charge is 2.21. The summed E-state index contributed by atoms with van der Waals surface area (Å²) < 4.78 is 2.14. The maximum atomic E-state index is 6.10. The van der Waals surface area contributed by atoms with Crippen LogP contribution < -0.4 is 4.90 Å². The van der Waals surface area contributed by atoms with Crippen LogP contribution in [0.2, 0.25) is 5.02 Å². The monoisotopic (exact) mass is 388 g/mol. The van der Waals surface area contributed by atoms with Gasteiger partial charge in [0.05, 0.1) is 5.39 Å². The zero-order valence-corrected chi connectivity index (χ0v) is 16.3. The molecule has 0 aliphatic carbocycles. The van der Waals surface area contributed by atoms with Crippen molar-refractivity contribution in [3.63, 3.8) is 0 Å². The summed E-state index contributed by atoms with van der Waals surface area (Å²) in [4.78, 5) is 11.8. The van der Waals surface area contributed by atoms with E-state index in [2.05, 4.69) is 44.9 Å². The molecule has 5 heteroatoms. The third-order valence-corrected chi connectivity index (χ3v) is 5.66. The normalized spacial score (nSPS) is 14.5. The Morgan fingerprint density at radius 1 is 0.821 bits per heavy atom. The van der Waals surface area contributed by atoms with Gasteiger partial charge in [-0.1, -0.05) is 41.9 Å². The number of rotatable bonds is 3. The molecule has 0 saturated carbocycles. The van der Waals surface area contributed by atoms with Gasteiger partial charge in [0.25, 0.3) is 0 Å². The minimum atomic E-state index is 0.729. The molecule has 2 aromatic heterocycles. The SMILES string of the molecule is Clc1ccc(-n2cc(-c3ccccc3)c3c(N4CCCCC4)ncnc32)cc1. The van der Waals surface area contributed by atoms with Gasteiger partial charge in [-0.3, -0.25) is 0 Å². The van der Waals surface area contributed by atoms with Crippen LogP contribution in [-0.4, -0.2) is 27.6 Å². The molecule has 0 N–H and O–H groups in total. The minimum Gasteiger partial charge on any atom is -0.356 e. The Morgan fingerprint density at radius 3 is 2.32 bits per heavy atom. The number of hydrogen-bond acceptors (Lipinski definition) is 3. The Balaban J connectivity index is 1.77. The van der Waals surface area contributed by atoms with Crippen molar-refractivity contribution < 1.29 is 0 Å². The first-order chi connectivity index (χ1) is 13.8. The average molecular weight is 389 g/mol. The lowest BCUT2D eigenvalue weighted by atomic mass is 10.1. The molecule has 1 fully saturated rings. The molecule has 4 aromatic rings. The molecule has 0 bridgehead atoms. The van der Waals surface area contributed by atoms with Gasteiger partial charge < -0.3 is 9.47 Å². The van der Waals surface area contributed by atoms with E-state index in [1.165, 1.54) is 24.8 Å². The fraction of sp³-hybridized carbons (Fsp3) is 0.217. The van der Waals surface area contributed by atoms with Crippen LogP contribution in [0, 0.1) is 0 Å². The van der Waals surface area contributed by atoms with Crippen molar-refractivity contribution in [2.45, 2.75) is 19.3 Å². The summed E-state index contributed by atoms with van der Waals surface area (Å²) in [6.07, 6.45) is 7.58. The number of hydrogen-bond donors (Lipinski definition) is 0. The van der Waals surface area contributed by atoms with Gasteiger partial charge in [0.1, 0.15) is 12.1 Å². The molecular weight excluding hydrogens is 368 g/mol. The van der Waals surface area contributed by atoms with Gasteiger partial charge in [-0.25, -0.2) is 9.97 Å². The van der Waals surface area contributed by atoms with Crippen LogP contribution in [0.5, 0.6) is 0 Å². The van der Waals surface area contributed by atoms with Crippen LogP contribution in [0.4, 0.5) is 5.82 Å². The fourth-order valence-electron chi connectivity index (χ4n) is 4.03. The quantitative estimate of drug-likeness (QED) is 0.449. The van der Waals surface area contributed by atoms with E-state index in [1.807, 2.05) is 30.3 Å². The maximum Gasteiger partial charge on any atom is 0.150 e. The molecule has 3 heterocycles. The summed E-state index contributed by atoms with van der Waals surface area (Å²) in [6.45, 7) is 2.10. The molecule has 5 rings (SSSR count). The third-order valence-electron chi connectivity index (χ3n) is 5.41. The van der Waals surface area contributed by atoms with Gasteiger partial charge in [-0.15, -0.1) is 0 Å². The van der Waals surface area contributed by atoms with Crippen molar-refractivity contribution >= 4 is 28.5 Å². The number of aromatic nitrogens is 3. The van der Waals surface area contributed by atoms with E-state index in [4.69, 9.17) is 16.6 Å². The highest BCUT2D eigenvalue weighted by Crippen LogP contribution is 2.37. The molecule has 1 aliphatic rings. The van der Waals surface area contributed by atoms with E-state index in [0.29, 0.717) is 0 Å². The number of anilines is 1. The average Bonchev–Trinajstić information content (AvgIpc) is 3.15. The first-order valence-corrected chi connectivity index (χ1v) is 10.1. The van der Waals surface area contributed by atoms with E-state index in [0.717, 1.165) is 46.2 Å². The molecule has 0 spiro atoms. The molecule has 4 nitrogen and oxygen atoms in total. The van der Waals surface area contributed by atoms with E-state index in [9.17, 15) is 0 Å². The highest BCUT2D eigenvalue weighted by atomic mass is 35.5. The predicted molar refractivity (Wildman–Crippen MR) is 115 cm³/mol. The number of fused-ring (bicyclic) bond motifs is 1. The molecule has 2 aromatic carbocycles. The van der Waals surface area contributed by atoms with Crippen molar-refractivity contribution in [3.05, 3.63) is 72.1 Å². The molecule has 0 unspecified atom stereocenters. The van der Waals surface area contributed by atoms with E-state index < -0.39 is 0 Å². The molecule has 140 valence electrons. The van der Waals surface area contributed by atoms with Gasteiger partial charge >= 0.3 is 0 Å². The summed E-state index contributed by atoms with van der Waals surface area (Å²) >= 11 is 6.10. The van der Waals surface area contributed by atoms with Crippen LogP contribution in [-0.2, 0) is 0 Å². The first-order valence-electron chi connectivity index (χ1n) is 9.73. The molecule has 0 amide bonds. The third kappa shape index (κ3) is 3.04. The molecule has 1 saturated heterocycles. The van der Waals surface area contributed by atoms with Crippen LogP contribution in [0.1, 0.15) is 19.3 Å². The predicted octanol–water partition coefficient (Wildman–Crippen LogP) is 5.73. The largest absolute Gasteiger partial charge is 0.356 e. The van der Waals surface area contributed by atoms with Crippen molar-refractivity contribution in [1.82, 2.24) is 14.5 Å². The first kappa shape index (κ1) is 17.3. The zero-order valence-electron chi connectivity index (χ0n) is 15.6. The highest BCUT2D eigenvalue weighted by molar-refractivity contribution is 6.30. The van der Waals surface area contributed by atoms with Crippen LogP contribution in [0.25, 0.3) is 27.8 Å². The number of benzene rings is 2. The van der Waals surface area contributed by atoms with Crippen LogP contribution in [0.3, 0.4) is 0 Å². The second kappa shape index (κ2) is 7.28. The molecule has 28 heavy (non-hydrogen) atoms. The summed E-state index contributed by atoms with van der Waals surface area (Å²) in [5, 5.41) is 1.85. The van der Waals surface area contributed by atoms with E-state index in [1.54, 1.807) is 6.33 Å². The van der Waals surface area contributed by atoms with Gasteiger partial charge in [0.15, 0.2) is 5.65 Å². The summed E-state index contributed by atoms with van der Waals surface area (Å²) in [6, 6.07) is 18.4. The van der Waals surface area contributed by atoms with Crippen molar-refractivity contribution in [2.75, 3.05) is 18.0 Å². The Hall–Kier alpha value is -2.85. The number of piperidine rings is 1. The van der Waals surface area contributed by atoms with E-state index >= 15 is 0 Å². The van der Waals surface area contributed by atoms with Crippen molar-refractivity contribution in [3.8, 4) is 16.8 Å². The second-order valence-electron chi connectivity index (χ2n) is 7.20. The Kier molecular flexibility index (Phi) is 4.49. The Bertz CT molecular complexity index is 1100. The second-order valence-corrected chi connectivity index (χ2v) is 7.64. The lowest BCUT2D eigenvalue weighted by molar-refractivity contribution is 0.574. The molecular formula is C23H21ClN4. The van der Waals surface area contributed by atoms with Gasteiger partial charge in [-0.2, -0.15) is 0 Å². The minimum absolute atomic E-state index is 0.729. The van der Waals surface area contributed by atoms with Gasteiger partial charge in [0.2, 0.25) is 0 Å². The number of halogens is 1. The van der Waals surface area contributed by atoms with E-state index in [-0.39, 0.29) is 0 Å². The van der Waals surface area contributed by atoms with Crippen LogP contribution >= 0.6 is 11.6 Å². The summed E-state index contributed by atoms with van der Waals surface area (Å²) in [5.74, 6) is 1.04.